The van der Waals surface area contributed by atoms with E-state index in [0.717, 1.165) is 12.1 Å². The van der Waals surface area contributed by atoms with Crippen molar-refractivity contribution in [1.29, 1.82) is 0 Å². The highest BCUT2D eigenvalue weighted by atomic mass is 16.2. The highest BCUT2D eigenvalue weighted by molar-refractivity contribution is 5.82. The first-order chi connectivity index (χ1) is 9.43. The Morgan fingerprint density at radius 3 is 2.20 bits per heavy atom. The molecule has 0 aliphatic rings. The molecule has 0 aromatic heterocycles. The summed E-state index contributed by atoms with van der Waals surface area (Å²) in [6.45, 7) is 10.1. The maximum absolute atomic E-state index is 12.0. The van der Waals surface area contributed by atoms with Gasteiger partial charge in [-0.05, 0) is 33.3 Å². The minimum Gasteiger partial charge on any atom is -0.353 e. The Hall–Kier alpha value is -1.39. The number of amides is 1. The number of carbonyl (C=O) groups excluding carboxylic acids is 1. The number of benzene rings is 1. The van der Waals surface area contributed by atoms with Gasteiger partial charge in [-0.1, -0.05) is 30.3 Å². The van der Waals surface area contributed by atoms with Gasteiger partial charge in [0.15, 0.2) is 0 Å². The molecule has 0 bridgehead atoms. The Morgan fingerprint density at radius 2 is 1.70 bits per heavy atom. The van der Waals surface area contributed by atoms with Crippen LogP contribution in [0.5, 0.6) is 0 Å². The van der Waals surface area contributed by atoms with Crippen LogP contribution in [-0.2, 0) is 4.79 Å². The lowest BCUT2D eigenvalue weighted by Crippen LogP contribution is -2.44. The molecule has 0 radical (unpaired) electrons. The second kappa shape index (κ2) is 8.02. The molecule has 0 spiro atoms. The van der Waals surface area contributed by atoms with Crippen molar-refractivity contribution in [3.05, 3.63) is 35.9 Å². The molecule has 112 valence electrons. The quantitative estimate of drug-likeness (QED) is 0.800. The Labute approximate surface area is 122 Å². The van der Waals surface area contributed by atoms with Crippen molar-refractivity contribution in [2.75, 3.05) is 13.1 Å². The number of hydrogen-bond acceptors (Lipinski definition) is 3. The molecule has 1 amide bonds. The van der Waals surface area contributed by atoms with Crippen LogP contribution < -0.4 is 11.1 Å². The molecule has 1 atom stereocenters. The van der Waals surface area contributed by atoms with Gasteiger partial charge in [-0.25, -0.2) is 0 Å². The number of nitrogens with zero attached hydrogens (tertiary/aromatic N) is 1. The molecule has 0 heterocycles. The van der Waals surface area contributed by atoms with E-state index in [1.807, 2.05) is 30.3 Å². The Bertz CT molecular complexity index is 395. The third-order valence-corrected chi connectivity index (χ3v) is 3.44. The molecule has 4 heteroatoms. The average Bonchev–Trinajstić information content (AvgIpc) is 2.42. The van der Waals surface area contributed by atoms with Crippen molar-refractivity contribution in [2.45, 2.75) is 45.8 Å². The zero-order valence-corrected chi connectivity index (χ0v) is 13.0. The molecule has 0 saturated heterocycles. The van der Waals surface area contributed by atoms with Crippen LogP contribution in [-0.4, -0.2) is 36.0 Å². The van der Waals surface area contributed by atoms with Crippen molar-refractivity contribution >= 4 is 5.91 Å². The minimum atomic E-state index is -0.595. The summed E-state index contributed by atoms with van der Waals surface area (Å²) in [4.78, 5) is 14.4. The third kappa shape index (κ3) is 4.94. The fourth-order valence-corrected chi connectivity index (χ4v) is 2.34. The maximum atomic E-state index is 12.0. The van der Waals surface area contributed by atoms with E-state index in [2.05, 4.69) is 37.9 Å². The van der Waals surface area contributed by atoms with Crippen molar-refractivity contribution in [1.82, 2.24) is 10.2 Å². The van der Waals surface area contributed by atoms with Crippen molar-refractivity contribution in [2.24, 2.45) is 5.73 Å². The monoisotopic (exact) mass is 277 g/mol. The van der Waals surface area contributed by atoms with E-state index in [9.17, 15) is 4.79 Å². The molecular formula is C16H27N3O. The highest BCUT2D eigenvalue weighted by Gasteiger charge is 2.16. The molecule has 1 aromatic rings. The smallest absolute Gasteiger partial charge is 0.241 e. The molecule has 0 saturated carbocycles. The van der Waals surface area contributed by atoms with E-state index < -0.39 is 6.04 Å². The van der Waals surface area contributed by atoms with Gasteiger partial charge in [0.25, 0.3) is 0 Å². The van der Waals surface area contributed by atoms with Crippen LogP contribution in [0.4, 0.5) is 0 Å². The van der Waals surface area contributed by atoms with E-state index in [1.54, 1.807) is 0 Å². The topological polar surface area (TPSA) is 58.4 Å². The highest BCUT2D eigenvalue weighted by Crippen LogP contribution is 2.09. The Kier molecular flexibility index (Phi) is 6.68. The molecular weight excluding hydrogens is 250 g/mol. The zero-order chi connectivity index (χ0) is 15.1. The first kappa shape index (κ1) is 16.7. The van der Waals surface area contributed by atoms with Crippen molar-refractivity contribution < 1.29 is 4.79 Å². The standard InChI is InChI=1S/C16H27N3O/c1-12(2)19(13(3)4)11-10-18-16(20)15(17)14-8-6-5-7-9-14/h5-9,12-13,15H,10-11,17H2,1-4H3,(H,18,20)/t15-/m0/s1. The average molecular weight is 277 g/mol. The SMILES string of the molecule is CC(C)N(CCNC(=O)[C@@H](N)c1ccccc1)C(C)C. The second-order valence-electron chi connectivity index (χ2n) is 5.60. The summed E-state index contributed by atoms with van der Waals surface area (Å²) in [5, 5.41) is 2.92. The predicted molar refractivity (Wildman–Crippen MR) is 83.4 cm³/mol. The van der Waals surface area contributed by atoms with Gasteiger partial charge in [-0.2, -0.15) is 0 Å². The lowest BCUT2D eigenvalue weighted by atomic mass is 10.1. The molecule has 1 aromatic carbocycles. The first-order valence-electron chi connectivity index (χ1n) is 7.27. The number of nitrogens with two attached hydrogens (primary N) is 1. The summed E-state index contributed by atoms with van der Waals surface area (Å²) in [6.07, 6.45) is 0. The Balaban J connectivity index is 2.44. The van der Waals surface area contributed by atoms with Crippen LogP contribution in [0.2, 0.25) is 0 Å². The normalized spacial score (nSPS) is 13.0. The molecule has 0 unspecified atom stereocenters. The van der Waals surface area contributed by atoms with Crippen LogP contribution in [0.1, 0.15) is 39.3 Å². The summed E-state index contributed by atoms with van der Waals surface area (Å²) in [5.74, 6) is -0.122. The molecule has 0 aliphatic carbocycles. The van der Waals surface area contributed by atoms with Gasteiger partial charge in [0.1, 0.15) is 6.04 Å². The summed E-state index contributed by atoms with van der Waals surface area (Å²) >= 11 is 0. The number of carbonyl (C=O) groups is 1. The van der Waals surface area contributed by atoms with E-state index >= 15 is 0 Å². The van der Waals surface area contributed by atoms with Gasteiger partial charge in [0.05, 0.1) is 0 Å². The van der Waals surface area contributed by atoms with Crippen molar-refractivity contribution in [3.63, 3.8) is 0 Å². The van der Waals surface area contributed by atoms with Crippen LogP contribution >= 0.6 is 0 Å². The fourth-order valence-electron chi connectivity index (χ4n) is 2.34. The van der Waals surface area contributed by atoms with Crippen molar-refractivity contribution in [3.8, 4) is 0 Å². The van der Waals surface area contributed by atoms with E-state index in [-0.39, 0.29) is 5.91 Å². The van der Waals surface area contributed by atoms with E-state index in [0.29, 0.717) is 18.6 Å². The second-order valence-corrected chi connectivity index (χ2v) is 5.60. The molecule has 20 heavy (non-hydrogen) atoms. The van der Waals surface area contributed by atoms with Gasteiger partial charge in [0, 0.05) is 25.2 Å². The molecule has 0 aliphatic heterocycles. The summed E-state index contributed by atoms with van der Waals surface area (Å²) < 4.78 is 0. The lowest BCUT2D eigenvalue weighted by molar-refractivity contribution is -0.122. The molecule has 3 N–H and O–H groups in total. The Morgan fingerprint density at radius 1 is 1.15 bits per heavy atom. The van der Waals surface area contributed by atoms with Crippen LogP contribution in [0, 0.1) is 0 Å². The maximum Gasteiger partial charge on any atom is 0.241 e. The van der Waals surface area contributed by atoms with Gasteiger partial charge in [0.2, 0.25) is 5.91 Å². The summed E-state index contributed by atoms with van der Waals surface area (Å²) in [5.41, 5.74) is 6.79. The van der Waals surface area contributed by atoms with E-state index in [1.165, 1.54) is 0 Å². The van der Waals surface area contributed by atoms with Crippen LogP contribution in [0.15, 0.2) is 30.3 Å². The molecule has 0 fully saturated rings. The summed E-state index contributed by atoms with van der Waals surface area (Å²) in [6, 6.07) is 9.78. The number of rotatable bonds is 7. The summed E-state index contributed by atoms with van der Waals surface area (Å²) in [7, 11) is 0. The fraction of sp³-hybridized carbons (Fsp3) is 0.562. The predicted octanol–water partition coefficient (Wildman–Crippen LogP) is 1.92. The van der Waals surface area contributed by atoms with Crippen LogP contribution in [0.3, 0.4) is 0 Å². The minimum absolute atomic E-state index is 0.122. The lowest BCUT2D eigenvalue weighted by Gasteiger charge is -2.30. The van der Waals surface area contributed by atoms with Gasteiger partial charge in [-0.3, -0.25) is 9.69 Å². The van der Waals surface area contributed by atoms with Crippen LogP contribution in [0.25, 0.3) is 0 Å². The zero-order valence-electron chi connectivity index (χ0n) is 13.0. The van der Waals surface area contributed by atoms with Gasteiger partial charge in [-0.15, -0.1) is 0 Å². The molecule has 4 nitrogen and oxygen atoms in total. The number of nitrogens with one attached hydrogen (secondary N) is 1. The first-order valence-corrected chi connectivity index (χ1v) is 7.27. The van der Waals surface area contributed by atoms with Gasteiger partial charge >= 0.3 is 0 Å². The third-order valence-electron chi connectivity index (χ3n) is 3.44. The largest absolute Gasteiger partial charge is 0.353 e. The van der Waals surface area contributed by atoms with Gasteiger partial charge < -0.3 is 11.1 Å². The van der Waals surface area contributed by atoms with E-state index in [4.69, 9.17) is 5.73 Å². The number of hydrogen-bond donors (Lipinski definition) is 2. The molecule has 1 rings (SSSR count).